The molecule has 0 amide bonds. The lowest BCUT2D eigenvalue weighted by atomic mass is 10.2. The van der Waals surface area contributed by atoms with Gasteiger partial charge in [0.25, 0.3) is 0 Å². The number of ether oxygens (including phenoxy) is 1. The first-order chi connectivity index (χ1) is 7.69. The molecule has 1 N–H and O–H groups in total. The maximum Gasteiger partial charge on any atom is 0.129 e. The molecule has 0 saturated carbocycles. The predicted octanol–water partition coefficient (Wildman–Crippen LogP) is 1.77. The molecule has 2 aromatic rings. The molecule has 0 saturated heterocycles. The zero-order valence-electron chi connectivity index (χ0n) is 9.25. The van der Waals surface area contributed by atoms with E-state index in [4.69, 9.17) is 4.74 Å². The SMILES string of the molecule is COc1csc(C(O)Cc2ccn(C)n2)c1. The summed E-state index contributed by atoms with van der Waals surface area (Å²) in [5.41, 5.74) is 0.891. The molecule has 0 radical (unpaired) electrons. The van der Waals surface area contributed by atoms with E-state index in [9.17, 15) is 5.11 Å². The second kappa shape index (κ2) is 4.67. The number of nitrogens with zero attached hydrogens (tertiary/aromatic N) is 2. The van der Waals surface area contributed by atoms with Crippen LogP contribution in [0.25, 0.3) is 0 Å². The van der Waals surface area contributed by atoms with E-state index in [0.717, 1.165) is 16.3 Å². The van der Waals surface area contributed by atoms with E-state index in [0.29, 0.717) is 6.42 Å². The molecule has 1 atom stereocenters. The van der Waals surface area contributed by atoms with Gasteiger partial charge < -0.3 is 9.84 Å². The van der Waals surface area contributed by atoms with Crippen LogP contribution < -0.4 is 4.74 Å². The number of methoxy groups -OCH3 is 1. The van der Waals surface area contributed by atoms with Crippen LogP contribution in [0.5, 0.6) is 5.75 Å². The number of rotatable bonds is 4. The molecule has 2 rings (SSSR count). The van der Waals surface area contributed by atoms with Crippen molar-refractivity contribution in [3.8, 4) is 5.75 Å². The summed E-state index contributed by atoms with van der Waals surface area (Å²) >= 11 is 1.50. The lowest BCUT2D eigenvalue weighted by molar-refractivity contribution is 0.180. The average Bonchev–Trinajstić information content (AvgIpc) is 2.87. The molecule has 0 aliphatic rings. The van der Waals surface area contributed by atoms with Crippen LogP contribution in [-0.4, -0.2) is 22.0 Å². The molecule has 0 bridgehead atoms. The maximum absolute atomic E-state index is 10.00. The van der Waals surface area contributed by atoms with Crippen molar-refractivity contribution < 1.29 is 9.84 Å². The van der Waals surface area contributed by atoms with Crippen LogP contribution in [0.15, 0.2) is 23.7 Å². The van der Waals surface area contributed by atoms with Crippen LogP contribution >= 0.6 is 11.3 Å². The number of hydrogen-bond acceptors (Lipinski definition) is 4. The number of aryl methyl sites for hydroxylation is 1. The summed E-state index contributed by atoms with van der Waals surface area (Å²) in [5, 5.41) is 16.1. The number of aliphatic hydroxyl groups is 1. The molecule has 1 unspecified atom stereocenters. The summed E-state index contributed by atoms with van der Waals surface area (Å²) in [6.45, 7) is 0. The quantitative estimate of drug-likeness (QED) is 0.883. The van der Waals surface area contributed by atoms with Gasteiger partial charge in [-0.25, -0.2) is 0 Å². The molecule has 4 nitrogen and oxygen atoms in total. The minimum atomic E-state index is -0.510. The molecule has 0 aliphatic carbocycles. The summed E-state index contributed by atoms with van der Waals surface area (Å²) in [7, 11) is 3.49. The fourth-order valence-corrected chi connectivity index (χ4v) is 2.33. The number of hydrogen-bond donors (Lipinski definition) is 1. The smallest absolute Gasteiger partial charge is 0.129 e. The Balaban J connectivity index is 2.05. The molecule has 2 heterocycles. The van der Waals surface area contributed by atoms with E-state index in [1.165, 1.54) is 11.3 Å². The molecule has 0 aliphatic heterocycles. The van der Waals surface area contributed by atoms with Crippen molar-refractivity contribution in [2.45, 2.75) is 12.5 Å². The van der Waals surface area contributed by atoms with Crippen LogP contribution in [0.2, 0.25) is 0 Å². The second-order valence-corrected chi connectivity index (χ2v) is 4.53. The van der Waals surface area contributed by atoms with E-state index >= 15 is 0 Å². The van der Waals surface area contributed by atoms with Crippen molar-refractivity contribution in [3.05, 3.63) is 34.3 Å². The first-order valence-electron chi connectivity index (χ1n) is 4.98. The molecule has 0 fully saturated rings. The third-order valence-corrected chi connectivity index (χ3v) is 3.34. The third kappa shape index (κ3) is 2.43. The first kappa shape index (κ1) is 11.2. The van der Waals surface area contributed by atoms with Crippen molar-refractivity contribution in [2.24, 2.45) is 7.05 Å². The van der Waals surface area contributed by atoms with Gasteiger partial charge in [0, 0.05) is 29.9 Å². The summed E-state index contributed by atoms with van der Waals surface area (Å²) in [6, 6.07) is 3.77. The number of thiophene rings is 1. The van der Waals surface area contributed by atoms with E-state index < -0.39 is 6.10 Å². The summed E-state index contributed by atoms with van der Waals surface area (Å²) in [5.74, 6) is 0.792. The molecule has 2 aromatic heterocycles. The lowest BCUT2D eigenvalue weighted by Crippen LogP contribution is -2.01. The summed E-state index contributed by atoms with van der Waals surface area (Å²) < 4.78 is 6.81. The second-order valence-electron chi connectivity index (χ2n) is 3.59. The van der Waals surface area contributed by atoms with E-state index in [1.807, 2.05) is 30.8 Å². The molecule has 16 heavy (non-hydrogen) atoms. The van der Waals surface area contributed by atoms with Gasteiger partial charge in [-0.3, -0.25) is 4.68 Å². The molecule has 0 aromatic carbocycles. The monoisotopic (exact) mass is 238 g/mol. The van der Waals surface area contributed by atoms with Crippen LogP contribution in [0.1, 0.15) is 16.7 Å². The third-order valence-electron chi connectivity index (χ3n) is 2.33. The van der Waals surface area contributed by atoms with Crippen LogP contribution in [-0.2, 0) is 13.5 Å². The molecule has 5 heteroatoms. The zero-order chi connectivity index (χ0) is 11.5. The molecular weight excluding hydrogens is 224 g/mol. The van der Waals surface area contributed by atoms with E-state index in [-0.39, 0.29) is 0 Å². The van der Waals surface area contributed by atoms with Crippen LogP contribution in [0.4, 0.5) is 0 Å². The van der Waals surface area contributed by atoms with Gasteiger partial charge in [-0.05, 0) is 12.1 Å². The van der Waals surface area contributed by atoms with Crippen LogP contribution in [0.3, 0.4) is 0 Å². The average molecular weight is 238 g/mol. The van der Waals surface area contributed by atoms with Gasteiger partial charge in [0.2, 0.25) is 0 Å². The minimum Gasteiger partial charge on any atom is -0.496 e. The van der Waals surface area contributed by atoms with Crippen molar-refractivity contribution in [1.29, 1.82) is 0 Å². The highest BCUT2D eigenvalue weighted by molar-refractivity contribution is 7.10. The zero-order valence-corrected chi connectivity index (χ0v) is 10.1. The highest BCUT2D eigenvalue weighted by Crippen LogP contribution is 2.28. The Hall–Kier alpha value is -1.33. The minimum absolute atomic E-state index is 0.510. The van der Waals surface area contributed by atoms with Crippen LogP contribution in [0, 0.1) is 0 Å². The van der Waals surface area contributed by atoms with E-state index in [2.05, 4.69) is 5.10 Å². The Kier molecular flexibility index (Phi) is 3.26. The standard InChI is InChI=1S/C11H14N2O2S/c1-13-4-3-8(12-13)5-10(14)11-6-9(15-2)7-16-11/h3-4,6-7,10,14H,5H2,1-2H3. The lowest BCUT2D eigenvalue weighted by Gasteiger charge is -2.05. The van der Waals surface area contributed by atoms with Crippen molar-refractivity contribution in [1.82, 2.24) is 9.78 Å². The Morgan fingerprint density at radius 3 is 3.00 bits per heavy atom. The Labute approximate surface area is 98.1 Å². The Morgan fingerprint density at radius 2 is 2.44 bits per heavy atom. The Morgan fingerprint density at radius 1 is 1.62 bits per heavy atom. The van der Waals surface area contributed by atoms with E-state index in [1.54, 1.807) is 11.8 Å². The van der Waals surface area contributed by atoms with Gasteiger partial charge in [-0.15, -0.1) is 11.3 Å². The highest BCUT2D eigenvalue weighted by atomic mass is 32.1. The summed E-state index contributed by atoms with van der Waals surface area (Å²) in [6.07, 6.45) is 1.89. The highest BCUT2D eigenvalue weighted by Gasteiger charge is 2.13. The topological polar surface area (TPSA) is 47.3 Å². The fraction of sp³-hybridized carbons (Fsp3) is 0.364. The van der Waals surface area contributed by atoms with Crippen molar-refractivity contribution in [2.75, 3.05) is 7.11 Å². The Bertz CT molecular complexity index is 464. The van der Waals surface area contributed by atoms with Gasteiger partial charge >= 0.3 is 0 Å². The maximum atomic E-state index is 10.00. The molecule has 0 spiro atoms. The van der Waals surface area contributed by atoms with Crippen molar-refractivity contribution in [3.63, 3.8) is 0 Å². The number of aromatic nitrogens is 2. The fourth-order valence-electron chi connectivity index (χ4n) is 1.49. The first-order valence-corrected chi connectivity index (χ1v) is 5.86. The molecule has 86 valence electrons. The summed E-state index contributed by atoms with van der Waals surface area (Å²) in [4.78, 5) is 0.905. The normalized spacial score (nSPS) is 12.7. The van der Waals surface area contributed by atoms with Gasteiger partial charge in [0.05, 0.1) is 18.9 Å². The number of aliphatic hydroxyl groups excluding tert-OH is 1. The largest absolute Gasteiger partial charge is 0.496 e. The predicted molar refractivity (Wildman–Crippen MR) is 62.7 cm³/mol. The van der Waals surface area contributed by atoms with Gasteiger partial charge in [-0.2, -0.15) is 5.10 Å². The van der Waals surface area contributed by atoms with Gasteiger partial charge in [0.1, 0.15) is 5.75 Å². The van der Waals surface area contributed by atoms with Gasteiger partial charge in [0.15, 0.2) is 0 Å². The molecular formula is C11H14N2O2S. The van der Waals surface area contributed by atoms with Crippen molar-refractivity contribution >= 4 is 11.3 Å². The van der Waals surface area contributed by atoms with Gasteiger partial charge in [-0.1, -0.05) is 0 Å².